The van der Waals surface area contributed by atoms with E-state index in [0.717, 1.165) is 31.6 Å². The topological polar surface area (TPSA) is 63.1 Å². The van der Waals surface area contributed by atoms with Gasteiger partial charge >= 0.3 is 0 Å². The second-order valence-electron chi connectivity index (χ2n) is 5.28. The zero-order valence-corrected chi connectivity index (χ0v) is 11.9. The molecule has 110 valence electrons. The Hall–Kier alpha value is -2.21. The van der Waals surface area contributed by atoms with E-state index in [2.05, 4.69) is 20.3 Å². The molecule has 0 saturated carbocycles. The highest BCUT2D eigenvalue weighted by molar-refractivity contribution is 5.92. The van der Waals surface area contributed by atoms with Gasteiger partial charge in [-0.1, -0.05) is 0 Å². The number of nitrogens with zero attached hydrogens (tertiary/aromatic N) is 4. The van der Waals surface area contributed by atoms with Gasteiger partial charge in [0.05, 0.1) is 13.1 Å². The van der Waals surface area contributed by atoms with Gasteiger partial charge < -0.3 is 5.32 Å². The molecule has 0 bridgehead atoms. The SMILES string of the molecule is O=C(CN1CCC[C@H]1Cn1cccn1)Nc1ccncc1. The molecule has 21 heavy (non-hydrogen) atoms. The van der Waals surface area contributed by atoms with E-state index >= 15 is 0 Å². The van der Waals surface area contributed by atoms with E-state index in [9.17, 15) is 4.79 Å². The lowest BCUT2D eigenvalue weighted by Gasteiger charge is -2.23. The van der Waals surface area contributed by atoms with E-state index in [0.29, 0.717) is 12.6 Å². The minimum atomic E-state index is 0.0218. The van der Waals surface area contributed by atoms with Crippen molar-refractivity contribution in [3.8, 4) is 0 Å². The first-order chi connectivity index (χ1) is 10.3. The van der Waals surface area contributed by atoms with Gasteiger partial charge in [-0.3, -0.25) is 19.4 Å². The van der Waals surface area contributed by atoms with Crippen LogP contribution in [-0.4, -0.2) is 44.7 Å². The number of carbonyl (C=O) groups is 1. The van der Waals surface area contributed by atoms with Crippen molar-refractivity contribution in [3.63, 3.8) is 0 Å². The highest BCUT2D eigenvalue weighted by Crippen LogP contribution is 2.18. The molecule has 3 rings (SSSR count). The zero-order chi connectivity index (χ0) is 14.5. The predicted octanol–water partition coefficient (Wildman–Crippen LogP) is 1.38. The van der Waals surface area contributed by atoms with Crippen molar-refractivity contribution >= 4 is 11.6 Å². The van der Waals surface area contributed by atoms with Crippen LogP contribution < -0.4 is 5.32 Å². The average molecular weight is 285 g/mol. The second-order valence-corrected chi connectivity index (χ2v) is 5.28. The normalized spacial score (nSPS) is 18.8. The number of carbonyl (C=O) groups excluding carboxylic acids is 1. The monoisotopic (exact) mass is 285 g/mol. The Morgan fingerprint density at radius 1 is 1.33 bits per heavy atom. The van der Waals surface area contributed by atoms with E-state index in [1.807, 2.05) is 16.9 Å². The fraction of sp³-hybridized carbons (Fsp3) is 0.400. The maximum atomic E-state index is 12.1. The van der Waals surface area contributed by atoms with Crippen molar-refractivity contribution in [3.05, 3.63) is 43.0 Å². The summed E-state index contributed by atoms with van der Waals surface area (Å²) in [5.41, 5.74) is 0.790. The minimum Gasteiger partial charge on any atom is -0.325 e. The van der Waals surface area contributed by atoms with Crippen molar-refractivity contribution in [1.29, 1.82) is 0 Å². The van der Waals surface area contributed by atoms with Crippen LogP contribution in [0.1, 0.15) is 12.8 Å². The van der Waals surface area contributed by atoms with Crippen LogP contribution in [0, 0.1) is 0 Å². The van der Waals surface area contributed by atoms with Crippen molar-refractivity contribution in [2.75, 3.05) is 18.4 Å². The van der Waals surface area contributed by atoms with E-state index in [4.69, 9.17) is 0 Å². The highest BCUT2D eigenvalue weighted by atomic mass is 16.2. The Bertz CT molecular complexity index is 569. The number of hydrogen-bond donors (Lipinski definition) is 1. The van der Waals surface area contributed by atoms with Gasteiger partial charge in [-0.15, -0.1) is 0 Å². The van der Waals surface area contributed by atoms with Crippen molar-refractivity contribution < 1.29 is 4.79 Å². The highest BCUT2D eigenvalue weighted by Gasteiger charge is 2.26. The molecule has 1 atom stereocenters. The molecule has 6 nitrogen and oxygen atoms in total. The molecule has 1 N–H and O–H groups in total. The summed E-state index contributed by atoms with van der Waals surface area (Å²) in [6.45, 7) is 2.24. The molecule has 1 aliphatic rings. The lowest BCUT2D eigenvalue weighted by Crippen LogP contribution is -2.39. The standard InChI is InChI=1S/C15H19N5O/c21-15(18-13-4-7-16-8-5-13)12-19-9-1-3-14(19)11-20-10-2-6-17-20/h2,4-8,10,14H,1,3,9,11-12H2,(H,16,18,21)/t14-/m0/s1. The number of anilines is 1. The smallest absolute Gasteiger partial charge is 0.238 e. The number of rotatable bonds is 5. The zero-order valence-electron chi connectivity index (χ0n) is 11.9. The Labute approximate surface area is 123 Å². The Morgan fingerprint density at radius 3 is 2.95 bits per heavy atom. The van der Waals surface area contributed by atoms with Gasteiger partial charge in [-0.25, -0.2) is 0 Å². The molecule has 1 aliphatic heterocycles. The molecule has 1 amide bonds. The van der Waals surface area contributed by atoms with Crippen LogP contribution in [0.2, 0.25) is 0 Å². The first kappa shape index (κ1) is 13.8. The van der Waals surface area contributed by atoms with E-state index in [1.165, 1.54) is 0 Å². The third-order valence-electron chi connectivity index (χ3n) is 3.77. The number of amides is 1. The van der Waals surface area contributed by atoms with Crippen LogP contribution in [-0.2, 0) is 11.3 Å². The van der Waals surface area contributed by atoms with Gasteiger partial charge in [-0.2, -0.15) is 5.10 Å². The average Bonchev–Trinajstić information content (AvgIpc) is 3.13. The Balaban J connectivity index is 1.54. The summed E-state index contributed by atoms with van der Waals surface area (Å²) >= 11 is 0. The third kappa shape index (κ3) is 3.66. The summed E-state index contributed by atoms with van der Waals surface area (Å²) in [5, 5.41) is 7.15. The van der Waals surface area contributed by atoms with Crippen molar-refractivity contribution in [2.24, 2.45) is 0 Å². The van der Waals surface area contributed by atoms with Crippen molar-refractivity contribution in [1.82, 2.24) is 19.7 Å². The van der Waals surface area contributed by atoms with Crippen molar-refractivity contribution in [2.45, 2.75) is 25.4 Å². The van der Waals surface area contributed by atoms with Crippen LogP contribution in [0.15, 0.2) is 43.0 Å². The van der Waals surface area contributed by atoms with Crippen LogP contribution in [0.5, 0.6) is 0 Å². The number of pyridine rings is 1. The largest absolute Gasteiger partial charge is 0.325 e. The predicted molar refractivity (Wildman–Crippen MR) is 79.7 cm³/mol. The van der Waals surface area contributed by atoms with Crippen LogP contribution in [0.4, 0.5) is 5.69 Å². The molecule has 2 aromatic rings. The molecule has 1 saturated heterocycles. The molecule has 0 aromatic carbocycles. The fourth-order valence-electron chi connectivity index (χ4n) is 2.75. The quantitative estimate of drug-likeness (QED) is 0.901. The molecule has 3 heterocycles. The van der Waals surface area contributed by atoms with E-state index in [-0.39, 0.29) is 5.91 Å². The summed E-state index contributed by atoms with van der Waals surface area (Å²) in [5.74, 6) is 0.0218. The van der Waals surface area contributed by atoms with E-state index < -0.39 is 0 Å². The molecule has 6 heteroatoms. The number of hydrogen-bond acceptors (Lipinski definition) is 4. The summed E-state index contributed by atoms with van der Waals surface area (Å²) in [4.78, 5) is 18.3. The van der Waals surface area contributed by atoms with Gasteiger partial charge in [0.25, 0.3) is 0 Å². The Morgan fingerprint density at radius 2 is 2.19 bits per heavy atom. The number of nitrogens with one attached hydrogen (secondary N) is 1. The summed E-state index contributed by atoms with van der Waals surface area (Å²) < 4.78 is 1.93. The van der Waals surface area contributed by atoms with Crippen LogP contribution in [0.3, 0.4) is 0 Å². The van der Waals surface area contributed by atoms with Crippen LogP contribution in [0.25, 0.3) is 0 Å². The maximum Gasteiger partial charge on any atom is 0.238 e. The van der Waals surface area contributed by atoms with Crippen LogP contribution >= 0.6 is 0 Å². The molecule has 0 aliphatic carbocycles. The summed E-state index contributed by atoms with van der Waals surface area (Å²) in [6, 6.07) is 5.90. The third-order valence-corrected chi connectivity index (χ3v) is 3.77. The van der Waals surface area contributed by atoms with Gasteiger partial charge in [-0.05, 0) is 37.6 Å². The number of aromatic nitrogens is 3. The fourth-order valence-corrected chi connectivity index (χ4v) is 2.75. The van der Waals surface area contributed by atoms with E-state index in [1.54, 1.807) is 30.7 Å². The first-order valence-corrected chi connectivity index (χ1v) is 7.22. The molecular weight excluding hydrogens is 266 g/mol. The lowest BCUT2D eigenvalue weighted by atomic mass is 10.2. The molecule has 0 spiro atoms. The maximum absolute atomic E-state index is 12.1. The first-order valence-electron chi connectivity index (χ1n) is 7.22. The lowest BCUT2D eigenvalue weighted by molar-refractivity contribution is -0.117. The van der Waals surface area contributed by atoms with Gasteiger partial charge in [0.15, 0.2) is 0 Å². The molecule has 0 radical (unpaired) electrons. The summed E-state index contributed by atoms with van der Waals surface area (Å²) in [7, 11) is 0. The van der Waals surface area contributed by atoms with Gasteiger partial charge in [0.2, 0.25) is 5.91 Å². The molecular formula is C15H19N5O. The summed E-state index contributed by atoms with van der Waals surface area (Å²) in [6.07, 6.45) is 9.35. The molecule has 0 unspecified atom stereocenters. The molecule has 1 fully saturated rings. The minimum absolute atomic E-state index is 0.0218. The van der Waals surface area contributed by atoms with Gasteiger partial charge in [0, 0.05) is 36.5 Å². The van der Waals surface area contributed by atoms with Gasteiger partial charge in [0.1, 0.15) is 0 Å². The second kappa shape index (κ2) is 6.49. The molecule has 2 aromatic heterocycles. The number of likely N-dealkylation sites (tertiary alicyclic amines) is 1. The Kier molecular flexibility index (Phi) is 4.25.